The number of anilines is 1. The molecule has 0 bridgehead atoms. The van der Waals surface area contributed by atoms with Gasteiger partial charge in [-0.15, -0.1) is 11.3 Å². The fourth-order valence-electron chi connectivity index (χ4n) is 2.61. The maximum absolute atomic E-state index is 12.7. The van der Waals surface area contributed by atoms with Gasteiger partial charge in [-0.05, 0) is 37.4 Å². The third-order valence-corrected chi connectivity index (χ3v) is 4.59. The van der Waals surface area contributed by atoms with Crippen LogP contribution in [0.5, 0.6) is 5.75 Å². The van der Waals surface area contributed by atoms with Crippen LogP contribution in [0.1, 0.15) is 18.7 Å². The minimum Gasteiger partial charge on any atom is -0.492 e. The number of hydrogen-bond donors (Lipinski definition) is 1. The molecule has 3 rings (SSSR count). The van der Waals surface area contributed by atoms with Crippen molar-refractivity contribution >= 4 is 34.4 Å². The highest BCUT2D eigenvalue weighted by atomic mass is 32.1. The monoisotopic (exact) mass is 342 g/mol. The van der Waals surface area contributed by atoms with Crippen molar-refractivity contribution in [3.8, 4) is 5.75 Å². The van der Waals surface area contributed by atoms with E-state index in [4.69, 9.17) is 4.74 Å². The molecule has 24 heavy (non-hydrogen) atoms. The normalized spacial score (nSPS) is 14.5. The molecule has 0 radical (unpaired) electrons. The van der Waals surface area contributed by atoms with Crippen LogP contribution in [0.15, 0.2) is 47.5 Å². The summed E-state index contributed by atoms with van der Waals surface area (Å²) in [5.41, 5.74) is 1.39. The van der Waals surface area contributed by atoms with Crippen LogP contribution < -0.4 is 10.1 Å². The van der Waals surface area contributed by atoms with E-state index in [0.717, 1.165) is 4.88 Å². The summed E-state index contributed by atoms with van der Waals surface area (Å²) < 4.78 is 5.60. The van der Waals surface area contributed by atoms with Crippen molar-refractivity contribution in [2.24, 2.45) is 0 Å². The van der Waals surface area contributed by atoms with Crippen LogP contribution in [-0.2, 0) is 9.59 Å². The summed E-state index contributed by atoms with van der Waals surface area (Å²) in [5, 5.41) is 5.02. The summed E-state index contributed by atoms with van der Waals surface area (Å²) in [6.07, 6.45) is 0. The fourth-order valence-corrected chi connectivity index (χ4v) is 3.38. The van der Waals surface area contributed by atoms with E-state index in [1.54, 1.807) is 6.92 Å². The van der Waals surface area contributed by atoms with E-state index in [2.05, 4.69) is 5.32 Å². The molecular formula is C18H18N2O3S. The number of hydrogen-bond acceptors (Lipinski definition) is 5. The van der Waals surface area contributed by atoms with E-state index in [0.29, 0.717) is 35.9 Å². The number of para-hydroxylation sites is 2. The smallest absolute Gasteiger partial charge is 0.278 e. The van der Waals surface area contributed by atoms with Gasteiger partial charge in [0.2, 0.25) is 0 Å². The number of amides is 2. The number of thiophene rings is 1. The first-order valence-corrected chi connectivity index (χ1v) is 8.68. The highest BCUT2D eigenvalue weighted by molar-refractivity contribution is 7.11. The topological polar surface area (TPSA) is 58.6 Å². The number of carbonyl (C=O) groups is 2. The van der Waals surface area contributed by atoms with Gasteiger partial charge in [0.25, 0.3) is 11.8 Å². The molecular weight excluding hydrogens is 324 g/mol. The third-order valence-electron chi connectivity index (χ3n) is 3.70. The molecule has 1 aliphatic rings. The molecule has 124 valence electrons. The summed E-state index contributed by atoms with van der Waals surface area (Å²) in [6, 6.07) is 11.1. The van der Waals surface area contributed by atoms with Gasteiger partial charge in [-0.1, -0.05) is 18.2 Å². The number of nitrogens with one attached hydrogen (secondary N) is 1. The molecule has 2 aromatic rings. The first-order chi connectivity index (χ1) is 11.7. The SMILES string of the molecule is CCOc1ccccc1NC1=C(c2cccs2)C(=O)N(CC)C1=O. The van der Waals surface area contributed by atoms with E-state index < -0.39 is 0 Å². The lowest BCUT2D eigenvalue weighted by Gasteiger charge is -2.14. The fraction of sp³-hybridized carbons (Fsp3) is 0.222. The zero-order chi connectivity index (χ0) is 17.1. The Morgan fingerprint density at radius 2 is 1.88 bits per heavy atom. The summed E-state index contributed by atoms with van der Waals surface area (Å²) in [6.45, 7) is 4.55. The number of likely N-dealkylation sites (N-methyl/N-ethyl adjacent to an activating group) is 1. The van der Waals surface area contributed by atoms with Gasteiger partial charge in [-0.3, -0.25) is 14.5 Å². The second-order valence-electron chi connectivity index (χ2n) is 5.14. The van der Waals surface area contributed by atoms with Gasteiger partial charge in [-0.2, -0.15) is 0 Å². The molecule has 5 nitrogen and oxygen atoms in total. The van der Waals surface area contributed by atoms with Gasteiger partial charge in [0.15, 0.2) is 0 Å². The number of rotatable bonds is 6. The molecule has 1 aromatic heterocycles. The van der Waals surface area contributed by atoms with Crippen LogP contribution in [-0.4, -0.2) is 29.9 Å². The van der Waals surface area contributed by atoms with E-state index in [9.17, 15) is 9.59 Å². The number of carbonyl (C=O) groups excluding carboxylic acids is 2. The second kappa shape index (κ2) is 6.88. The molecule has 6 heteroatoms. The highest BCUT2D eigenvalue weighted by Gasteiger charge is 2.38. The van der Waals surface area contributed by atoms with Crippen molar-refractivity contribution in [3.05, 3.63) is 52.4 Å². The van der Waals surface area contributed by atoms with Crippen LogP contribution in [0.4, 0.5) is 5.69 Å². The molecule has 2 amide bonds. The molecule has 1 aromatic carbocycles. The predicted octanol–water partition coefficient (Wildman–Crippen LogP) is 3.36. The molecule has 0 aliphatic carbocycles. The minimum absolute atomic E-state index is 0.263. The average Bonchev–Trinajstić information content (AvgIpc) is 3.17. The minimum atomic E-state index is -0.308. The molecule has 1 N–H and O–H groups in total. The Hall–Kier alpha value is -2.60. The second-order valence-corrected chi connectivity index (χ2v) is 6.08. The number of benzene rings is 1. The highest BCUT2D eigenvalue weighted by Crippen LogP contribution is 2.34. The standard InChI is InChI=1S/C18H18N2O3S/c1-3-20-17(21)15(14-10-7-11-24-14)16(18(20)22)19-12-8-5-6-9-13(12)23-4-2/h5-11,19H,3-4H2,1-2H3. The molecule has 1 aliphatic heterocycles. The quantitative estimate of drug-likeness (QED) is 0.818. The molecule has 2 heterocycles. The van der Waals surface area contributed by atoms with Crippen LogP contribution in [0, 0.1) is 0 Å². The first kappa shape index (κ1) is 16.3. The maximum atomic E-state index is 12.7. The lowest BCUT2D eigenvalue weighted by atomic mass is 10.2. The predicted molar refractivity (Wildman–Crippen MR) is 94.9 cm³/mol. The van der Waals surface area contributed by atoms with Gasteiger partial charge in [0, 0.05) is 11.4 Å². The van der Waals surface area contributed by atoms with Crippen LogP contribution in [0.3, 0.4) is 0 Å². The Balaban J connectivity index is 2.05. The molecule has 0 fully saturated rings. The summed E-state index contributed by atoms with van der Waals surface area (Å²) in [5.74, 6) is 0.0757. The van der Waals surface area contributed by atoms with E-state index in [1.807, 2.05) is 48.7 Å². The average molecular weight is 342 g/mol. The summed E-state index contributed by atoms with van der Waals surface area (Å²) >= 11 is 1.44. The maximum Gasteiger partial charge on any atom is 0.278 e. The molecule has 0 atom stereocenters. The third kappa shape index (κ3) is 2.80. The van der Waals surface area contributed by atoms with Crippen molar-refractivity contribution < 1.29 is 14.3 Å². The lowest BCUT2D eigenvalue weighted by Crippen LogP contribution is -2.32. The summed E-state index contributed by atoms with van der Waals surface area (Å²) in [7, 11) is 0. The van der Waals surface area contributed by atoms with Crippen molar-refractivity contribution in [2.45, 2.75) is 13.8 Å². The van der Waals surface area contributed by atoms with Gasteiger partial charge in [-0.25, -0.2) is 0 Å². The molecule has 0 unspecified atom stereocenters. The lowest BCUT2D eigenvalue weighted by molar-refractivity contribution is -0.136. The van der Waals surface area contributed by atoms with Crippen molar-refractivity contribution in [2.75, 3.05) is 18.5 Å². The van der Waals surface area contributed by atoms with Gasteiger partial charge in [0.05, 0.1) is 17.9 Å². The van der Waals surface area contributed by atoms with Crippen molar-refractivity contribution in [1.82, 2.24) is 4.90 Å². The van der Waals surface area contributed by atoms with Crippen molar-refractivity contribution in [1.29, 1.82) is 0 Å². The Labute approximate surface area is 144 Å². The van der Waals surface area contributed by atoms with Gasteiger partial charge >= 0.3 is 0 Å². The largest absolute Gasteiger partial charge is 0.492 e. The van der Waals surface area contributed by atoms with Gasteiger partial charge < -0.3 is 10.1 Å². The van der Waals surface area contributed by atoms with E-state index >= 15 is 0 Å². The van der Waals surface area contributed by atoms with Crippen LogP contribution >= 0.6 is 11.3 Å². The Kier molecular flexibility index (Phi) is 4.66. The number of ether oxygens (including phenoxy) is 1. The Morgan fingerprint density at radius 1 is 1.08 bits per heavy atom. The molecule has 0 spiro atoms. The van der Waals surface area contributed by atoms with E-state index in [-0.39, 0.29) is 11.8 Å². The van der Waals surface area contributed by atoms with Crippen LogP contribution in [0.25, 0.3) is 5.57 Å². The number of nitrogens with zero attached hydrogens (tertiary/aromatic N) is 1. The van der Waals surface area contributed by atoms with Crippen molar-refractivity contribution in [3.63, 3.8) is 0 Å². The van der Waals surface area contributed by atoms with Crippen LogP contribution in [0.2, 0.25) is 0 Å². The summed E-state index contributed by atoms with van der Waals surface area (Å²) in [4.78, 5) is 27.3. The molecule has 0 saturated heterocycles. The van der Waals surface area contributed by atoms with E-state index in [1.165, 1.54) is 16.2 Å². The first-order valence-electron chi connectivity index (χ1n) is 7.80. The van der Waals surface area contributed by atoms with Gasteiger partial charge in [0.1, 0.15) is 11.4 Å². The Morgan fingerprint density at radius 3 is 2.54 bits per heavy atom. The zero-order valence-electron chi connectivity index (χ0n) is 13.5. The number of imide groups is 1. The molecule has 0 saturated carbocycles. The Bertz CT molecular complexity index is 796. The zero-order valence-corrected chi connectivity index (χ0v) is 14.4.